The molecule has 2 amide bonds. The van der Waals surface area contributed by atoms with Crippen LogP contribution in [-0.4, -0.2) is 43.0 Å². The van der Waals surface area contributed by atoms with Gasteiger partial charge in [-0.25, -0.2) is 0 Å². The molecule has 2 aliphatic rings. The summed E-state index contributed by atoms with van der Waals surface area (Å²) in [6.45, 7) is 2.57. The number of hydrogen-bond donors (Lipinski definition) is 1. The maximum atomic E-state index is 13.1. The van der Waals surface area contributed by atoms with Gasteiger partial charge in [0.15, 0.2) is 6.61 Å². The van der Waals surface area contributed by atoms with E-state index in [0.29, 0.717) is 24.5 Å². The van der Waals surface area contributed by atoms with Gasteiger partial charge in [-0.3, -0.25) is 9.59 Å². The molecule has 29 heavy (non-hydrogen) atoms. The Hall–Kier alpha value is -3.02. The molecule has 0 aliphatic carbocycles. The lowest BCUT2D eigenvalue weighted by atomic mass is 9.73. The molecule has 2 aromatic carbocycles. The molecule has 4 rings (SSSR count). The molecule has 0 saturated carbocycles. The van der Waals surface area contributed by atoms with E-state index in [2.05, 4.69) is 12.2 Å². The van der Waals surface area contributed by atoms with E-state index in [0.717, 1.165) is 24.1 Å². The van der Waals surface area contributed by atoms with E-state index in [-0.39, 0.29) is 24.5 Å². The van der Waals surface area contributed by atoms with E-state index in [9.17, 15) is 9.59 Å². The fourth-order valence-electron chi connectivity index (χ4n) is 4.69. The third kappa shape index (κ3) is 3.22. The number of carbonyl (C=O) groups excluding carboxylic acids is 2. The number of likely N-dealkylation sites (tertiary alicyclic amines) is 1. The molecule has 0 unspecified atom stereocenters. The van der Waals surface area contributed by atoms with Gasteiger partial charge in [0.2, 0.25) is 5.91 Å². The summed E-state index contributed by atoms with van der Waals surface area (Å²) < 4.78 is 10.9. The van der Waals surface area contributed by atoms with Crippen molar-refractivity contribution in [3.8, 4) is 11.5 Å². The normalized spacial score (nSPS) is 22.5. The highest BCUT2D eigenvalue weighted by Gasteiger charge is 2.58. The lowest BCUT2D eigenvalue weighted by Crippen LogP contribution is -2.49. The minimum absolute atomic E-state index is 0.00108. The number of methoxy groups -OCH3 is 1. The third-order valence-electron chi connectivity index (χ3n) is 6.04. The number of amides is 2. The average molecular weight is 394 g/mol. The number of fused-ring (bicyclic) bond motifs is 2. The lowest BCUT2D eigenvalue weighted by Gasteiger charge is -2.34. The van der Waals surface area contributed by atoms with Crippen molar-refractivity contribution in [3.05, 3.63) is 54.1 Å². The maximum Gasteiger partial charge on any atom is 0.260 e. The molecule has 1 saturated heterocycles. The molecule has 1 spiro atoms. The average Bonchev–Trinajstić information content (AvgIpc) is 3.26. The van der Waals surface area contributed by atoms with Crippen LogP contribution in [0, 0.1) is 0 Å². The number of para-hydroxylation sites is 1. The Labute approximate surface area is 170 Å². The number of hydrogen-bond acceptors (Lipinski definition) is 4. The SMILES string of the molecule is CCC[C@@H]1N(C(=O)COc2cccc(OC)c2)CC[C@@]12C(=O)Nc1ccccc12. The zero-order valence-electron chi connectivity index (χ0n) is 16.8. The van der Waals surface area contributed by atoms with Crippen LogP contribution in [0.2, 0.25) is 0 Å². The van der Waals surface area contributed by atoms with Gasteiger partial charge in [-0.1, -0.05) is 37.6 Å². The summed E-state index contributed by atoms with van der Waals surface area (Å²) in [5, 5.41) is 3.03. The molecule has 2 aromatic rings. The Morgan fingerprint density at radius 1 is 1.21 bits per heavy atom. The van der Waals surface area contributed by atoms with Crippen molar-refractivity contribution in [1.82, 2.24) is 4.90 Å². The Kier molecular flexibility index (Phi) is 5.18. The van der Waals surface area contributed by atoms with Gasteiger partial charge in [-0.2, -0.15) is 0 Å². The van der Waals surface area contributed by atoms with Crippen LogP contribution in [0.5, 0.6) is 11.5 Å². The maximum absolute atomic E-state index is 13.1. The van der Waals surface area contributed by atoms with Gasteiger partial charge in [-0.15, -0.1) is 0 Å². The molecule has 1 fully saturated rings. The fourth-order valence-corrected chi connectivity index (χ4v) is 4.69. The van der Waals surface area contributed by atoms with E-state index < -0.39 is 5.41 Å². The highest BCUT2D eigenvalue weighted by molar-refractivity contribution is 6.07. The molecule has 0 bridgehead atoms. The van der Waals surface area contributed by atoms with Crippen molar-refractivity contribution in [1.29, 1.82) is 0 Å². The van der Waals surface area contributed by atoms with Crippen molar-refractivity contribution in [2.75, 3.05) is 25.6 Å². The van der Waals surface area contributed by atoms with Gasteiger partial charge >= 0.3 is 0 Å². The van der Waals surface area contributed by atoms with Crippen molar-refractivity contribution in [3.63, 3.8) is 0 Å². The van der Waals surface area contributed by atoms with Crippen molar-refractivity contribution >= 4 is 17.5 Å². The second-order valence-electron chi connectivity index (χ2n) is 7.58. The minimum Gasteiger partial charge on any atom is -0.497 e. The lowest BCUT2D eigenvalue weighted by molar-refractivity contribution is -0.135. The van der Waals surface area contributed by atoms with Gasteiger partial charge in [-0.05, 0) is 36.6 Å². The van der Waals surface area contributed by atoms with Crippen molar-refractivity contribution < 1.29 is 19.1 Å². The summed E-state index contributed by atoms with van der Waals surface area (Å²) in [5.41, 5.74) is 1.20. The Bertz CT molecular complexity index is 929. The number of nitrogens with one attached hydrogen (secondary N) is 1. The van der Waals surface area contributed by atoms with E-state index in [1.165, 1.54) is 0 Å². The summed E-state index contributed by atoms with van der Waals surface area (Å²) in [4.78, 5) is 28.0. The first-order chi connectivity index (χ1) is 14.1. The van der Waals surface area contributed by atoms with E-state index >= 15 is 0 Å². The molecule has 6 nitrogen and oxygen atoms in total. The summed E-state index contributed by atoms with van der Waals surface area (Å²) in [5.74, 6) is 1.17. The topological polar surface area (TPSA) is 67.9 Å². The number of anilines is 1. The number of rotatable bonds is 6. The van der Waals surface area contributed by atoms with Crippen LogP contribution in [0.1, 0.15) is 31.7 Å². The first kappa shape index (κ1) is 19.3. The molecular formula is C23H26N2O4. The summed E-state index contributed by atoms with van der Waals surface area (Å²) in [7, 11) is 1.59. The molecule has 0 aromatic heterocycles. The summed E-state index contributed by atoms with van der Waals surface area (Å²) >= 11 is 0. The standard InChI is InChI=1S/C23H26N2O4/c1-3-7-20-23(18-10-4-5-11-19(18)24-22(23)27)12-13-25(20)21(26)15-29-17-9-6-8-16(14-17)28-2/h4-6,8-11,14,20H,3,7,12-13,15H2,1-2H3,(H,24,27)/t20-,23-/m0/s1. The van der Waals surface area contributed by atoms with Crippen LogP contribution >= 0.6 is 0 Å². The smallest absolute Gasteiger partial charge is 0.260 e. The minimum atomic E-state index is -0.668. The highest BCUT2D eigenvalue weighted by atomic mass is 16.5. The van der Waals surface area contributed by atoms with Crippen LogP contribution in [0.3, 0.4) is 0 Å². The zero-order chi connectivity index (χ0) is 20.4. The highest BCUT2D eigenvalue weighted by Crippen LogP contribution is 2.49. The summed E-state index contributed by atoms with van der Waals surface area (Å²) in [6.07, 6.45) is 2.29. The first-order valence-electron chi connectivity index (χ1n) is 10.1. The fraction of sp³-hybridized carbons (Fsp3) is 0.391. The van der Waals surface area contributed by atoms with Crippen molar-refractivity contribution in [2.45, 2.75) is 37.6 Å². The van der Waals surface area contributed by atoms with Gasteiger partial charge < -0.3 is 19.7 Å². The van der Waals surface area contributed by atoms with Crippen LogP contribution in [0.15, 0.2) is 48.5 Å². The quantitative estimate of drug-likeness (QED) is 0.816. The van der Waals surface area contributed by atoms with Crippen molar-refractivity contribution in [2.24, 2.45) is 0 Å². The van der Waals surface area contributed by atoms with Gasteiger partial charge in [0.25, 0.3) is 5.91 Å². The molecular weight excluding hydrogens is 368 g/mol. The number of nitrogens with zero attached hydrogens (tertiary/aromatic N) is 1. The third-order valence-corrected chi connectivity index (χ3v) is 6.04. The first-order valence-corrected chi connectivity index (χ1v) is 10.1. The molecule has 0 radical (unpaired) electrons. The molecule has 152 valence electrons. The van der Waals surface area contributed by atoms with Gasteiger partial charge in [0, 0.05) is 18.3 Å². The van der Waals surface area contributed by atoms with Crippen LogP contribution in [-0.2, 0) is 15.0 Å². The van der Waals surface area contributed by atoms with Gasteiger partial charge in [0.05, 0.1) is 18.6 Å². The Morgan fingerprint density at radius 3 is 2.79 bits per heavy atom. The predicted molar refractivity (Wildman–Crippen MR) is 110 cm³/mol. The second-order valence-corrected chi connectivity index (χ2v) is 7.58. The number of benzene rings is 2. The van der Waals surface area contributed by atoms with Crippen LogP contribution in [0.25, 0.3) is 0 Å². The Morgan fingerprint density at radius 2 is 2.00 bits per heavy atom. The van der Waals surface area contributed by atoms with Crippen LogP contribution < -0.4 is 14.8 Å². The predicted octanol–water partition coefficient (Wildman–Crippen LogP) is 3.37. The molecule has 6 heteroatoms. The van der Waals surface area contributed by atoms with E-state index in [4.69, 9.17) is 9.47 Å². The second kappa shape index (κ2) is 7.78. The largest absolute Gasteiger partial charge is 0.497 e. The van der Waals surface area contributed by atoms with Crippen LogP contribution in [0.4, 0.5) is 5.69 Å². The molecule has 1 N–H and O–H groups in total. The Balaban J connectivity index is 1.55. The van der Waals surface area contributed by atoms with E-state index in [1.54, 1.807) is 19.2 Å². The molecule has 2 heterocycles. The zero-order valence-corrected chi connectivity index (χ0v) is 16.8. The van der Waals surface area contributed by atoms with Gasteiger partial charge in [0.1, 0.15) is 11.5 Å². The monoisotopic (exact) mass is 394 g/mol. The molecule has 2 atom stereocenters. The van der Waals surface area contributed by atoms with E-state index in [1.807, 2.05) is 41.3 Å². The molecule has 2 aliphatic heterocycles. The number of carbonyl (C=O) groups is 2. The number of ether oxygens (including phenoxy) is 2. The summed E-state index contributed by atoms with van der Waals surface area (Å²) in [6, 6.07) is 14.9.